The molecule has 0 bridgehead atoms. The number of rotatable bonds is 8. The number of amides is 2. The van der Waals surface area contributed by atoms with Crippen LogP contribution in [-0.2, 0) is 11.3 Å². The predicted molar refractivity (Wildman–Crippen MR) is 114 cm³/mol. The molecule has 2 heterocycles. The molecule has 0 aliphatic heterocycles. The minimum atomic E-state index is -0.379. The van der Waals surface area contributed by atoms with Gasteiger partial charge in [-0.15, -0.1) is 21.5 Å². The van der Waals surface area contributed by atoms with Gasteiger partial charge in [0.2, 0.25) is 5.91 Å². The molecule has 8 nitrogen and oxygen atoms in total. The molecule has 0 radical (unpaired) electrons. The Kier molecular flexibility index (Phi) is 6.99. The number of benzene rings is 1. The van der Waals surface area contributed by atoms with E-state index >= 15 is 0 Å². The summed E-state index contributed by atoms with van der Waals surface area (Å²) < 4.78 is 1.91. The minimum Gasteiger partial charge on any atom is -0.342 e. The average molecular weight is 431 g/mol. The Labute approximate surface area is 177 Å². The van der Waals surface area contributed by atoms with Gasteiger partial charge in [0.25, 0.3) is 5.91 Å². The first-order valence-electron chi connectivity index (χ1n) is 9.15. The molecule has 2 unspecified atom stereocenters. The normalized spacial score (nSPS) is 12.9. The molecular formula is C19H22N6O2S2. The lowest BCUT2D eigenvalue weighted by molar-refractivity contribution is -0.115. The molecule has 0 fully saturated rings. The number of aromatic nitrogens is 4. The van der Waals surface area contributed by atoms with Crippen LogP contribution in [0.25, 0.3) is 0 Å². The highest BCUT2D eigenvalue weighted by molar-refractivity contribution is 8.00. The number of thioether (sulfide) groups is 1. The third kappa shape index (κ3) is 5.21. The smallest absolute Gasteiger partial charge is 0.251 e. The highest BCUT2D eigenvalue weighted by atomic mass is 32.2. The van der Waals surface area contributed by atoms with Crippen LogP contribution in [0, 0.1) is 0 Å². The summed E-state index contributed by atoms with van der Waals surface area (Å²) in [7, 11) is 0. The standard InChI is InChI=1S/C19H22N6O2S2/c1-4-25-15(12(2)21-17(27)14-8-6-5-7-9-14)23-24-19(25)29-13(3)16(26)22-18-20-10-11-28-18/h5-13H,4H2,1-3H3,(H,21,27)(H,20,22,26). The van der Waals surface area contributed by atoms with Crippen LogP contribution in [0.1, 0.15) is 43.0 Å². The summed E-state index contributed by atoms with van der Waals surface area (Å²) in [6, 6.07) is 8.70. The number of nitrogens with one attached hydrogen (secondary N) is 2. The summed E-state index contributed by atoms with van der Waals surface area (Å²) in [5.41, 5.74) is 0.587. The number of carbonyl (C=O) groups excluding carboxylic acids is 2. The van der Waals surface area contributed by atoms with E-state index in [2.05, 4.69) is 25.8 Å². The Bertz CT molecular complexity index is 959. The van der Waals surface area contributed by atoms with Gasteiger partial charge in [-0.05, 0) is 32.9 Å². The molecule has 0 aliphatic rings. The van der Waals surface area contributed by atoms with Crippen molar-refractivity contribution >= 4 is 40.0 Å². The van der Waals surface area contributed by atoms with Crippen LogP contribution in [-0.4, -0.2) is 36.8 Å². The molecule has 2 aromatic heterocycles. The Balaban J connectivity index is 1.67. The van der Waals surface area contributed by atoms with E-state index < -0.39 is 0 Å². The topological polar surface area (TPSA) is 102 Å². The molecule has 10 heteroatoms. The second kappa shape index (κ2) is 9.66. The molecule has 3 aromatic rings. The predicted octanol–water partition coefficient (Wildman–Crippen LogP) is 3.36. The molecule has 3 rings (SSSR count). The number of hydrogen-bond acceptors (Lipinski definition) is 7. The summed E-state index contributed by atoms with van der Waals surface area (Å²) in [4.78, 5) is 28.9. The van der Waals surface area contributed by atoms with Crippen LogP contribution in [0.4, 0.5) is 5.13 Å². The molecule has 2 amide bonds. The Hall–Kier alpha value is -2.72. The van der Waals surface area contributed by atoms with E-state index in [4.69, 9.17) is 0 Å². The highest BCUT2D eigenvalue weighted by Crippen LogP contribution is 2.25. The summed E-state index contributed by atoms with van der Waals surface area (Å²) in [6.45, 7) is 6.27. The van der Waals surface area contributed by atoms with Gasteiger partial charge in [-0.1, -0.05) is 30.0 Å². The average Bonchev–Trinajstić information content (AvgIpc) is 3.38. The van der Waals surface area contributed by atoms with Crippen molar-refractivity contribution in [1.82, 2.24) is 25.1 Å². The van der Waals surface area contributed by atoms with Gasteiger partial charge in [-0.2, -0.15) is 0 Å². The van der Waals surface area contributed by atoms with Crippen LogP contribution in [0.2, 0.25) is 0 Å². The maximum atomic E-state index is 12.4. The number of anilines is 1. The molecule has 29 heavy (non-hydrogen) atoms. The van der Waals surface area contributed by atoms with Crippen molar-refractivity contribution < 1.29 is 9.59 Å². The van der Waals surface area contributed by atoms with Crippen molar-refractivity contribution in [2.75, 3.05) is 5.32 Å². The van der Waals surface area contributed by atoms with Crippen molar-refractivity contribution in [1.29, 1.82) is 0 Å². The van der Waals surface area contributed by atoms with Crippen LogP contribution in [0.3, 0.4) is 0 Å². The maximum Gasteiger partial charge on any atom is 0.251 e. The first-order valence-corrected chi connectivity index (χ1v) is 10.9. The van der Waals surface area contributed by atoms with Crippen molar-refractivity contribution in [2.24, 2.45) is 0 Å². The third-order valence-electron chi connectivity index (χ3n) is 4.15. The van der Waals surface area contributed by atoms with Crippen LogP contribution >= 0.6 is 23.1 Å². The van der Waals surface area contributed by atoms with E-state index in [1.807, 2.05) is 43.5 Å². The van der Waals surface area contributed by atoms with E-state index in [0.29, 0.717) is 28.2 Å². The summed E-state index contributed by atoms with van der Waals surface area (Å²) in [5.74, 6) is 0.323. The second-order valence-corrected chi connectivity index (χ2v) is 8.44. The van der Waals surface area contributed by atoms with E-state index in [9.17, 15) is 9.59 Å². The SMILES string of the molecule is CCn1c(SC(C)C(=O)Nc2nccs2)nnc1C(C)NC(=O)c1ccccc1. The largest absolute Gasteiger partial charge is 0.342 e. The Morgan fingerprint density at radius 2 is 1.97 bits per heavy atom. The van der Waals surface area contributed by atoms with E-state index in [0.717, 1.165) is 0 Å². The fourth-order valence-electron chi connectivity index (χ4n) is 2.64. The Morgan fingerprint density at radius 1 is 1.21 bits per heavy atom. The molecular weight excluding hydrogens is 408 g/mol. The quantitative estimate of drug-likeness (QED) is 0.531. The first-order chi connectivity index (χ1) is 14.0. The van der Waals surface area contributed by atoms with Crippen LogP contribution in [0.15, 0.2) is 47.1 Å². The first kappa shape index (κ1) is 21.0. The second-order valence-electron chi connectivity index (χ2n) is 6.23. The van der Waals surface area contributed by atoms with Gasteiger partial charge in [0, 0.05) is 23.7 Å². The zero-order chi connectivity index (χ0) is 20.8. The van der Waals surface area contributed by atoms with E-state index in [1.54, 1.807) is 23.7 Å². The lowest BCUT2D eigenvalue weighted by Gasteiger charge is -2.16. The van der Waals surface area contributed by atoms with Gasteiger partial charge in [0.15, 0.2) is 16.1 Å². The number of carbonyl (C=O) groups is 2. The number of nitrogens with zero attached hydrogens (tertiary/aromatic N) is 4. The van der Waals surface area contributed by atoms with Gasteiger partial charge >= 0.3 is 0 Å². The van der Waals surface area contributed by atoms with Crippen molar-refractivity contribution in [3.8, 4) is 0 Å². The lowest BCUT2D eigenvalue weighted by Crippen LogP contribution is -2.28. The molecule has 0 aliphatic carbocycles. The molecule has 152 valence electrons. The summed E-state index contributed by atoms with van der Waals surface area (Å²) >= 11 is 2.69. The third-order valence-corrected chi connectivity index (χ3v) is 5.92. The van der Waals surface area contributed by atoms with Crippen LogP contribution in [0.5, 0.6) is 0 Å². The van der Waals surface area contributed by atoms with Gasteiger partial charge in [-0.25, -0.2) is 4.98 Å². The van der Waals surface area contributed by atoms with Gasteiger partial charge in [-0.3, -0.25) is 9.59 Å². The minimum absolute atomic E-state index is 0.150. The van der Waals surface area contributed by atoms with Gasteiger partial charge < -0.3 is 15.2 Å². The fourth-order valence-corrected chi connectivity index (χ4v) is 4.09. The molecule has 2 atom stereocenters. The van der Waals surface area contributed by atoms with Crippen molar-refractivity contribution in [2.45, 2.75) is 43.8 Å². The highest BCUT2D eigenvalue weighted by Gasteiger charge is 2.23. The zero-order valence-corrected chi connectivity index (χ0v) is 18.0. The summed E-state index contributed by atoms with van der Waals surface area (Å²) in [6.07, 6.45) is 1.64. The zero-order valence-electron chi connectivity index (χ0n) is 16.3. The molecule has 2 N–H and O–H groups in total. The molecule has 0 spiro atoms. The number of hydrogen-bond donors (Lipinski definition) is 2. The summed E-state index contributed by atoms with van der Waals surface area (Å²) in [5, 5.41) is 16.9. The van der Waals surface area contributed by atoms with Crippen molar-refractivity contribution in [3.63, 3.8) is 0 Å². The molecule has 0 saturated carbocycles. The van der Waals surface area contributed by atoms with E-state index in [-0.39, 0.29) is 23.1 Å². The lowest BCUT2D eigenvalue weighted by atomic mass is 10.2. The Morgan fingerprint density at radius 3 is 2.62 bits per heavy atom. The molecule has 1 aromatic carbocycles. The fraction of sp³-hybridized carbons (Fsp3) is 0.316. The van der Waals surface area contributed by atoms with E-state index in [1.165, 1.54) is 23.1 Å². The van der Waals surface area contributed by atoms with Crippen molar-refractivity contribution in [3.05, 3.63) is 53.3 Å². The maximum absolute atomic E-state index is 12.4. The van der Waals surface area contributed by atoms with Crippen LogP contribution < -0.4 is 10.6 Å². The van der Waals surface area contributed by atoms with Gasteiger partial charge in [0.1, 0.15) is 0 Å². The molecule has 0 saturated heterocycles. The number of thiazole rings is 1. The van der Waals surface area contributed by atoms with Gasteiger partial charge in [0.05, 0.1) is 11.3 Å². The monoisotopic (exact) mass is 430 g/mol.